The van der Waals surface area contributed by atoms with Crippen molar-refractivity contribution >= 4 is 34.5 Å². The number of amides is 2. The standard InChI is InChI=1S/C44H41F2N5O6/c1-44(2,3)57-42(52)50-19-17-34(18-20-50)55-39-26-37-35(25-38(39)54-4)41(56-43(53)51(32-11-7-5-8-12-32)33-13-9-6-10-14-33)49-40(48-37)21-28-15-16-36(47-27-28)29-22-30(45)24-31(46)23-29/h5-16,22-27,34H,17-21H2,1-4H3. The number of fused-ring (bicyclic) bond motifs is 1. The molecule has 0 N–H and O–H groups in total. The molecule has 11 nitrogen and oxygen atoms in total. The summed E-state index contributed by atoms with van der Waals surface area (Å²) in [6.45, 7) is 6.43. The summed E-state index contributed by atoms with van der Waals surface area (Å²) < 4.78 is 51.8. The maximum absolute atomic E-state index is 14.2. The van der Waals surface area contributed by atoms with Crippen molar-refractivity contribution in [2.75, 3.05) is 25.1 Å². The first-order valence-corrected chi connectivity index (χ1v) is 18.5. The number of halogens is 2. The van der Waals surface area contributed by atoms with E-state index in [1.807, 2.05) is 57.2 Å². The minimum Gasteiger partial charge on any atom is -0.493 e. The summed E-state index contributed by atoms with van der Waals surface area (Å²) in [5.74, 6) is -0.302. The third-order valence-electron chi connectivity index (χ3n) is 9.12. The molecule has 0 atom stereocenters. The summed E-state index contributed by atoms with van der Waals surface area (Å²) in [4.78, 5) is 44.0. The van der Waals surface area contributed by atoms with Gasteiger partial charge in [-0.15, -0.1) is 0 Å². The molecule has 7 rings (SSSR count). The molecule has 3 heterocycles. The first kappa shape index (κ1) is 38.6. The molecule has 0 spiro atoms. The van der Waals surface area contributed by atoms with E-state index in [4.69, 9.17) is 28.9 Å². The fourth-order valence-corrected chi connectivity index (χ4v) is 6.45. The molecule has 2 aromatic heterocycles. The van der Waals surface area contributed by atoms with E-state index in [0.717, 1.165) is 6.07 Å². The Morgan fingerprint density at radius 1 is 0.825 bits per heavy atom. The van der Waals surface area contributed by atoms with Crippen molar-refractivity contribution in [1.82, 2.24) is 19.9 Å². The fourth-order valence-electron chi connectivity index (χ4n) is 6.45. The zero-order chi connectivity index (χ0) is 40.1. The monoisotopic (exact) mass is 773 g/mol. The zero-order valence-electron chi connectivity index (χ0n) is 31.9. The van der Waals surface area contributed by atoms with E-state index in [2.05, 4.69) is 4.98 Å². The van der Waals surface area contributed by atoms with Crippen molar-refractivity contribution < 1.29 is 37.3 Å². The molecular formula is C44H41F2N5O6. The highest BCUT2D eigenvalue weighted by atomic mass is 19.1. The van der Waals surface area contributed by atoms with Crippen LogP contribution in [0.15, 0.2) is 109 Å². The van der Waals surface area contributed by atoms with Crippen LogP contribution in [0.25, 0.3) is 22.2 Å². The molecule has 0 saturated carbocycles. The molecule has 0 bridgehead atoms. The fraction of sp³-hybridized carbons (Fsp3) is 0.250. The average Bonchev–Trinajstić information content (AvgIpc) is 3.18. The summed E-state index contributed by atoms with van der Waals surface area (Å²) in [6, 6.07) is 28.3. The number of methoxy groups -OCH3 is 1. The summed E-state index contributed by atoms with van der Waals surface area (Å²) in [6.07, 6.45) is 1.60. The Kier molecular flexibility index (Phi) is 11.3. The number of nitrogens with zero attached hydrogens (tertiary/aromatic N) is 5. The predicted molar refractivity (Wildman–Crippen MR) is 211 cm³/mol. The van der Waals surface area contributed by atoms with Crippen LogP contribution in [0.1, 0.15) is 45.0 Å². The van der Waals surface area contributed by atoms with E-state index in [1.165, 1.54) is 24.1 Å². The third kappa shape index (κ3) is 9.43. The first-order chi connectivity index (χ1) is 27.4. The van der Waals surface area contributed by atoms with E-state index >= 15 is 0 Å². The second-order valence-corrected chi connectivity index (χ2v) is 14.5. The zero-order valence-corrected chi connectivity index (χ0v) is 31.9. The average molecular weight is 774 g/mol. The van der Waals surface area contributed by atoms with Crippen LogP contribution in [0.2, 0.25) is 0 Å². The summed E-state index contributed by atoms with van der Waals surface area (Å²) in [5, 5.41) is 0.402. The van der Waals surface area contributed by atoms with Gasteiger partial charge in [-0.2, -0.15) is 4.98 Å². The number of hydrogen-bond acceptors (Lipinski definition) is 9. The Morgan fingerprint density at radius 2 is 1.47 bits per heavy atom. The molecule has 1 fully saturated rings. The van der Waals surface area contributed by atoms with Gasteiger partial charge in [0.15, 0.2) is 11.5 Å². The molecule has 0 unspecified atom stereocenters. The Bertz CT molecular complexity index is 2310. The van der Waals surface area contributed by atoms with Gasteiger partial charge in [-0.1, -0.05) is 42.5 Å². The lowest BCUT2D eigenvalue weighted by Gasteiger charge is -2.33. The molecule has 0 radical (unpaired) electrons. The lowest BCUT2D eigenvalue weighted by Crippen LogP contribution is -2.44. The van der Waals surface area contributed by atoms with Gasteiger partial charge in [-0.3, -0.25) is 4.98 Å². The molecule has 6 aromatic rings. The number of ether oxygens (including phenoxy) is 4. The van der Waals surface area contributed by atoms with E-state index in [0.29, 0.717) is 82.4 Å². The maximum atomic E-state index is 14.2. The molecule has 57 heavy (non-hydrogen) atoms. The van der Waals surface area contributed by atoms with Gasteiger partial charge in [0.25, 0.3) is 0 Å². The van der Waals surface area contributed by atoms with Gasteiger partial charge in [0, 0.05) is 56.2 Å². The Morgan fingerprint density at radius 3 is 2.05 bits per heavy atom. The van der Waals surface area contributed by atoms with E-state index < -0.39 is 23.3 Å². The number of rotatable bonds is 9. The SMILES string of the molecule is COc1cc2c(OC(=O)N(c3ccccc3)c3ccccc3)nc(Cc3ccc(-c4cc(F)cc(F)c4)nc3)nc2cc1OC1CCN(C(=O)OC(C)(C)C)CC1. The van der Waals surface area contributed by atoms with E-state index in [1.54, 1.807) is 59.6 Å². The Labute approximate surface area is 328 Å². The molecule has 13 heteroatoms. The maximum Gasteiger partial charge on any atom is 0.425 e. The Balaban J connectivity index is 1.22. The van der Waals surface area contributed by atoms with Crippen LogP contribution in [-0.4, -0.2) is 63.9 Å². The molecule has 2 amide bonds. The van der Waals surface area contributed by atoms with Gasteiger partial charge in [0.1, 0.15) is 29.2 Å². The molecule has 0 aliphatic carbocycles. The highest BCUT2D eigenvalue weighted by molar-refractivity contribution is 5.98. The molecule has 1 aliphatic rings. The second kappa shape index (κ2) is 16.6. The minimum atomic E-state index is -0.706. The van der Waals surface area contributed by atoms with E-state index in [-0.39, 0.29) is 24.5 Å². The topological polar surface area (TPSA) is 116 Å². The summed E-state index contributed by atoms with van der Waals surface area (Å²) >= 11 is 0. The van der Waals surface area contributed by atoms with Gasteiger partial charge >= 0.3 is 12.2 Å². The van der Waals surface area contributed by atoms with Crippen molar-refractivity contribution in [3.63, 3.8) is 0 Å². The first-order valence-electron chi connectivity index (χ1n) is 18.5. The number of likely N-dealkylation sites (tertiary alicyclic amines) is 1. The number of pyridine rings is 1. The minimum absolute atomic E-state index is 0.00723. The number of para-hydroxylation sites is 2. The number of aromatic nitrogens is 3. The lowest BCUT2D eigenvalue weighted by molar-refractivity contribution is 0.0124. The van der Waals surface area contributed by atoms with Gasteiger partial charge in [-0.05, 0) is 74.9 Å². The smallest absolute Gasteiger partial charge is 0.425 e. The molecular weight excluding hydrogens is 733 g/mol. The van der Waals surface area contributed by atoms with Crippen LogP contribution in [0.4, 0.5) is 29.7 Å². The largest absolute Gasteiger partial charge is 0.493 e. The second-order valence-electron chi connectivity index (χ2n) is 14.5. The number of piperidine rings is 1. The summed E-state index contributed by atoms with van der Waals surface area (Å²) in [7, 11) is 1.52. The number of carbonyl (C=O) groups excluding carboxylic acids is 2. The van der Waals surface area contributed by atoms with Crippen LogP contribution >= 0.6 is 0 Å². The molecule has 4 aromatic carbocycles. The van der Waals surface area contributed by atoms with Crippen molar-refractivity contribution in [2.24, 2.45) is 0 Å². The van der Waals surface area contributed by atoms with Crippen LogP contribution in [0.3, 0.4) is 0 Å². The van der Waals surface area contributed by atoms with Crippen molar-refractivity contribution in [3.05, 3.63) is 132 Å². The molecule has 1 saturated heterocycles. The molecule has 1 aliphatic heterocycles. The van der Waals surface area contributed by atoms with Gasteiger partial charge in [0.2, 0.25) is 5.88 Å². The highest BCUT2D eigenvalue weighted by Crippen LogP contribution is 2.38. The van der Waals surface area contributed by atoms with Gasteiger partial charge in [-0.25, -0.2) is 28.3 Å². The Hall–Kier alpha value is -6.63. The number of benzene rings is 4. The van der Waals surface area contributed by atoms with E-state index in [9.17, 15) is 18.4 Å². The van der Waals surface area contributed by atoms with Crippen LogP contribution in [0.5, 0.6) is 17.4 Å². The van der Waals surface area contributed by atoms with Crippen molar-refractivity contribution in [2.45, 2.75) is 51.7 Å². The van der Waals surface area contributed by atoms with Gasteiger partial charge in [0.05, 0.1) is 35.1 Å². The molecule has 292 valence electrons. The number of carbonyl (C=O) groups is 2. The van der Waals surface area contributed by atoms with Crippen LogP contribution in [0, 0.1) is 11.6 Å². The van der Waals surface area contributed by atoms with Crippen molar-refractivity contribution in [3.8, 4) is 28.6 Å². The van der Waals surface area contributed by atoms with Crippen LogP contribution < -0.4 is 19.1 Å². The van der Waals surface area contributed by atoms with Crippen molar-refractivity contribution in [1.29, 1.82) is 0 Å². The quantitative estimate of drug-likeness (QED) is 0.142. The predicted octanol–water partition coefficient (Wildman–Crippen LogP) is 9.68. The lowest BCUT2D eigenvalue weighted by atomic mass is 10.1. The number of anilines is 2. The third-order valence-corrected chi connectivity index (χ3v) is 9.12. The normalized spacial score (nSPS) is 13.3. The van der Waals surface area contributed by atoms with Gasteiger partial charge < -0.3 is 23.8 Å². The number of hydrogen-bond donors (Lipinski definition) is 0. The van der Waals surface area contributed by atoms with Crippen LogP contribution in [-0.2, 0) is 11.2 Å². The highest BCUT2D eigenvalue weighted by Gasteiger charge is 2.29. The summed E-state index contributed by atoms with van der Waals surface area (Å²) in [5.41, 5.74) is 2.39.